The monoisotopic (exact) mass is 341 g/mol. The second kappa shape index (κ2) is 8.30. The van der Waals surface area contributed by atoms with Crippen LogP contribution in [0.15, 0.2) is 36.4 Å². The van der Waals surface area contributed by atoms with Crippen molar-refractivity contribution in [1.82, 2.24) is 14.7 Å². The van der Waals surface area contributed by atoms with Crippen molar-refractivity contribution >= 4 is 5.91 Å². The van der Waals surface area contributed by atoms with Gasteiger partial charge in [-0.25, -0.2) is 0 Å². The minimum atomic E-state index is 0.103. The Labute approximate surface area is 149 Å². The van der Waals surface area contributed by atoms with Crippen molar-refractivity contribution in [2.75, 3.05) is 19.7 Å². The highest BCUT2D eigenvalue weighted by Crippen LogP contribution is 2.20. The number of piperidine rings is 1. The zero-order chi connectivity index (χ0) is 17.6. The van der Waals surface area contributed by atoms with E-state index in [-0.39, 0.29) is 5.91 Å². The Bertz CT molecular complexity index is 688. The maximum atomic E-state index is 12.7. The van der Waals surface area contributed by atoms with E-state index in [9.17, 15) is 4.79 Å². The number of carbonyl (C=O) groups is 1. The number of hydrogen-bond acceptors (Lipinski definition) is 3. The predicted octanol–water partition coefficient (Wildman–Crippen LogP) is 3.28. The van der Waals surface area contributed by atoms with E-state index in [4.69, 9.17) is 4.74 Å². The Kier molecular flexibility index (Phi) is 5.87. The number of hydrogen-bond donors (Lipinski definition) is 0. The normalized spacial score (nSPS) is 15.5. The van der Waals surface area contributed by atoms with Gasteiger partial charge in [-0.2, -0.15) is 5.10 Å². The first kappa shape index (κ1) is 17.7. The highest BCUT2D eigenvalue weighted by molar-refractivity contribution is 5.92. The first-order valence-corrected chi connectivity index (χ1v) is 9.12. The molecule has 5 heteroatoms. The van der Waals surface area contributed by atoms with E-state index in [1.807, 2.05) is 43.0 Å². The zero-order valence-corrected chi connectivity index (χ0v) is 15.1. The number of carbonyl (C=O) groups excluding carboxylic acids is 1. The van der Waals surface area contributed by atoms with E-state index in [0.29, 0.717) is 18.2 Å². The van der Waals surface area contributed by atoms with Gasteiger partial charge >= 0.3 is 0 Å². The van der Waals surface area contributed by atoms with Crippen LogP contribution in [-0.2, 0) is 17.9 Å². The summed E-state index contributed by atoms with van der Waals surface area (Å²) in [6, 6.07) is 12.1. The molecular formula is C20H27N3O2. The molecule has 2 heterocycles. The lowest BCUT2D eigenvalue weighted by molar-refractivity contribution is 0.0472. The molecular weight excluding hydrogens is 314 g/mol. The molecule has 0 bridgehead atoms. The van der Waals surface area contributed by atoms with E-state index in [0.717, 1.165) is 44.8 Å². The fourth-order valence-corrected chi connectivity index (χ4v) is 3.34. The first-order valence-electron chi connectivity index (χ1n) is 9.12. The summed E-state index contributed by atoms with van der Waals surface area (Å²) in [4.78, 5) is 14.7. The number of aromatic nitrogens is 2. The topological polar surface area (TPSA) is 47.4 Å². The van der Waals surface area contributed by atoms with Crippen LogP contribution in [-0.4, -0.2) is 40.3 Å². The standard InChI is InChI=1S/C20H27N3O2/c1-3-23-19(13-16(2)21-23)20(24)22-11-9-18(10-12-22)15-25-14-17-7-5-4-6-8-17/h4-8,13,18H,3,9-12,14-15H2,1-2H3. The molecule has 0 spiro atoms. The summed E-state index contributed by atoms with van der Waals surface area (Å²) in [5.41, 5.74) is 2.81. The van der Waals surface area contributed by atoms with E-state index < -0.39 is 0 Å². The average molecular weight is 341 g/mol. The molecule has 25 heavy (non-hydrogen) atoms. The smallest absolute Gasteiger partial charge is 0.272 e. The molecule has 5 nitrogen and oxygen atoms in total. The van der Waals surface area contributed by atoms with Gasteiger partial charge in [-0.1, -0.05) is 30.3 Å². The van der Waals surface area contributed by atoms with Crippen molar-refractivity contribution < 1.29 is 9.53 Å². The second-order valence-electron chi connectivity index (χ2n) is 6.72. The number of rotatable bonds is 6. The molecule has 1 aromatic carbocycles. The van der Waals surface area contributed by atoms with Crippen LogP contribution in [0, 0.1) is 12.8 Å². The number of amides is 1. The summed E-state index contributed by atoms with van der Waals surface area (Å²) in [7, 11) is 0. The SMILES string of the molecule is CCn1nc(C)cc1C(=O)N1CCC(COCc2ccccc2)CC1. The maximum Gasteiger partial charge on any atom is 0.272 e. The van der Waals surface area contributed by atoms with Crippen molar-refractivity contribution in [1.29, 1.82) is 0 Å². The lowest BCUT2D eigenvalue weighted by Crippen LogP contribution is -2.40. The van der Waals surface area contributed by atoms with Crippen LogP contribution in [0.5, 0.6) is 0 Å². The van der Waals surface area contributed by atoms with Gasteiger partial charge in [0, 0.05) is 26.2 Å². The minimum Gasteiger partial charge on any atom is -0.376 e. The van der Waals surface area contributed by atoms with Crippen LogP contribution in [0.3, 0.4) is 0 Å². The summed E-state index contributed by atoms with van der Waals surface area (Å²) >= 11 is 0. The molecule has 1 aromatic heterocycles. The minimum absolute atomic E-state index is 0.103. The predicted molar refractivity (Wildman–Crippen MR) is 97.4 cm³/mol. The van der Waals surface area contributed by atoms with E-state index in [1.165, 1.54) is 5.56 Å². The van der Waals surface area contributed by atoms with Crippen LogP contribution in [0.2, 0.25) is 0 Å². The summed E-state index contributed by atoms with van der Waals surface area (Å²) in [5.74, 6) is 0.636. The third-order valence-corrected chi connectivity index (χ3v) is 4.79. The van der Waals surface area contributed by atoms with Gasteiger partial charge in [0.15, 0.2) is 0 Å². The second-order valence-corrected chi connectivity index (χ2v) is 6.72. The molecule has 134 valence electrons. The van der Waals surface area contributed by atoms with E-state index >= 15 is 0 Å². The van der Waals surface area contributed by atoms with Crippen molar-refractivity contribution in [2.45, 2.75) is 39.8 Å². The van der Waals surface area contributed by atoms with Gasteiger partial charge in [-0.05, 0) is 44.2 Å². The van der Waals surface area contributed by atoms with Crippen molar-refractivity contribution in [2.24, 2.45) is 5.92 Å². The highest BCUT2D eigenvalue weighted by Gasteiger charge is 2.25. The summed E-state index contributed by atoms with van der Waals surface area (Å²) in [6.07, 6.45) is 2.00. The van der Waals surface area contributed by atoms with Crippen LogP contribution >= 0.6 is 0 Å². The molecule has 0 radical (unpaired) electrons. The molecule has 1 fully saturated rings. The van der Waals surface area contributed by atoms with Crippen molar-refractivity contribution in [3.63, 3.8) is 0 Å². The molecule has 1 amide bonds. The zero-order valence-electron chi connectivity index (χ0n) is 15.1. The summed E-state index contributed by atoms with van der Waals surface area (Å²) < 4.78 is 7.66. The number of ether oxygens (including phenoxy) is 1. The molecule has 0 aliphatic carbocycles. The van der Waals surface area contributed by atoms with Crippen LogP contribution < -0.4 is 0 Å². The Hall–Kier alpha value is -2.14. The number of nitrogens with zero attached hydrogens (tertiary/aromatic N) is 3. The fraction of sp³-hybridized carbons (Fsp3) is 0.500. The molecule has 0 unspecified atom stereocenters. The van der Waals surface area contributed by atoms with Gasteiger partial charge in [0.25, 0.3) is 5.91 Å². The van der Waals surface area contributed by atoms with Crippen LogP contribution in [0.1, 0.15) is 41.5 Å². The van der Waals surface area contributed by atoms with Gasteiger partial charge in [0.1, 0.15) is 5.69 Å². The quantitative estimate of drug-likeness (QED) is 0.810. The Morgan fingerprint density at radius 2 is 1.96 bits per heavy atom. The maximum absolute atomic E-state index is 12.7. The van der Waals surface area contributed by atoms with Crippen molar-refractivity contribution in [3.05, 3.63) is 53.3 Å². The Morgan fingerprint density at radius 3 is 2.64 bits per heavy atom. The van der Waals surface area contributed by atoms with Crippen molar-refractivity contribution in [3.8, 4) is 0 Å². The molecule has 1 aliphatic rings. The molecule has 0 atom stereocenters. The summed E-state index contributed by atoms with van der Waals surface area (Å²) in [5, 5.41) is 4.38. The summed E-state index contributed by atoms with van der Waals surface area (Å²) in [6.45, 7) is 7.69. The number of aryl methyl sites for hydroxylation is 2. The molecule has 3 rings (SSSR count). The Balaban J connectivity index is 1.46. The van der Waals surface area contributed by atoms with Gasteiger partial charge in [-0.15, -0.1) is 0 Å². The number of likely N-dealkylation sites (tertiary alicyclic amines) is 1. The first-order chi connectivity index (χ1) is 12.2. The van der Waals surface area contributed by atoms with Crippen LogP contribution in [0.25, 0.3) is 0 Å². The molecule has 0 saturated carbocycles. The van der Waals surface area contributed by atoms with Gasteiger partial charge in [-0.3, -0.25) is 9.48 Å². The third kappa shape index (κ3) is 4.48. The average Bonchev–Trinajstić information content (AvgIpc) is 3.03. The molecule has 0 N–H and O–H groups in total. The van der Waals surface area contributed by atoms with Crippen LogP contribution in [0.4, 0.5) is 0 Å². The highest BCUT2D eigenvalue weighted by atomic mass is 16.5. The lowest BCUT2D eigenvalue weighted by atomic mass is 9.97. The van der Waals surface area contributed by atoms with E-state index in [2.05, 4.69) is 17.2 Å². The third-order valence-electron chi connectivity index (χ3n) is 4.79. The molecule has 1 aliphatic heterocycles. The fourth-order valence-electron chi connectivity index (χ4n) is 3.34. The Morgan fingerprint density at radius 1 is 1.24 bits per heavy atom. The van der Waals surface area contributed by atoms with Gasteiger partial charge < -0.3 is 9.64 Å². The van der Waals surface area contributed by atoms with E-state index in [1.54, 1.807) is 4.68 Å². The molecule has 1 saturated heterocycles. The van der Waals surface area contributed by atoms with Gasteiger partial charge in [0.2, 0.25) is 0 Å². The largest absolute Gasteiger partial charge is 0.376 e. The lowest BCUT2D eigenvalue weighted by Gasteiger charge is -2.32. The molecule has 2 aromatic rings. The van der Waals surface area contributed by atoms with Gasteiger partial charge in [0.05, 0.1) is 12.3 Å². The number of benzene rings is 1.